The maximum Gasteiger partial charge on any atom is 0.180 e. The molecule has 2 nitrogen and oxygen atoms in total. The van der Waals surface area contributed by atoms with Gasteiger partial charge in [-0.1, -0.05) is 19.3 Å². The average molecular weight is 183 g/mol. The molecule has 0 aromatic heterocycles. The monoisotopic (exact) mass is 183 g/mol. The van der Waals surface area contributed by atoms with Gasteiger partial charge in [0.15, 0.2) is 5.88 Å². The summed E-state index contributed by atoms with van der Waals surface area (Å²) in [5.41, 5.74) is 0. The van der Waals surface area contributed by atoms with E-state index in [1.54, 1.807) is 0 Å². The third kappa shape index (κ3) is 4.20. The van der Waals surface area contributed by atoms with Gasteiger partial charge in [-0.25, -0.2) is 0 Å². The molecule has 1 aliphatic carbocycles. The first-order chi connectivity index (χ1) is 6.18. The number of hydrogen-bond donors (Lipinski definition) is 2. The van der Waals surface area contributed by atoms with Crippen LogP contribution in [0.25, 0.3) is 0 Å². The van der Waals surface area contributed by atoms with Gasteiger partial charge in [0, 0.05) is 6.04 Å². The van der Waals surface area contributed by atoms with E-state index in [2.05, 4.69) is 5.32 Å². The van der Waals surface area contributed by atoms with Crippen molar-refractivity contribution in [2.45, 2.75) is 52.0 Å². The fourth-order valence-electron chi connectivity index (χ4n) is 1.87. The van der Waals surface area contributed by atoms with Gasteiger partial charge < -0.3 is 10.4 Å². The molecular formula is C11H21NO. The van der Waals surface area contributed by atoms with Gasteiger partial charge in [0.05, 0.1) is 0 Å². The highest BCUT2D eigenvalue weighted by Gasteiger charge is 2.11. The van der Waals surface area contributed by atoms with Crippen LogP contribution in [0.1, 0.15) is 46.0 Å². The smallest absolute Gasteiger partial charge is 0.180 e. The summed E-state index contributed by atoms with van der Waals surface area (Å²) in [4.78, 5) is 0. The predicted octanol–water partition coefficient (Wildman–Crippen LogP) is 2.96. The van der Waals surface area contributed by atoms with Crippen LogP contribution in [0.5, 0.6) is 0 Å². The van der Waals surface area contributed by atoms with E-state index in [9.17, 15) is 5.11 Å². The molecule has 0 heterocycles. The number of aliphatic hydroxyl groups excluding tert-OH is 1. The van der Waals surface area contributed by atoms with Crippen LogP contribution in [0.4, 0.5) is 0 Å². The van der Waals surface area contributed by atoms with Gasteiger partial charge in [0.2, 0.25) is 0 Å². The van der Waals surface area contributed by atoms with E-state index in [1.807, 2.05) is 19.9 Å². The number of aliphatic hydroxyl groups is 1. The van der Waals surface area contributed by atoms with E-state index in [-0.39, 0.29) is 0 Å². The zero-order chi connectivity index (χ0) is 9.68. The van der Waals surface area contributed by atoms with Crippen molar-refractivity contribution in [3.63, 3.8) is 0 Å². The molecule has 0 aromatic carbocycles. The summed E-state index contributed by atoms with van der Waals surface area (Å²) in [6.45, 7) is 4.07. The Morgan fingerprint density at radius 1 is 1.31 bits per heavy atom. The largest absolute Gasteiger partial charge is 0.495 e. The minimum atomic E-state index is 0.319. The first kappa shape index (κ1) is 10.4. The van der Waals surface area contributed by atoms with Crippen molar-refractivity contribution in [1.29, 1.82) is 0 Å². The Bertz CT molecular complexity index is 169. The molecule has 76 valence electrons. The Morgan fingerprint density at radius 3 is 2.46 bits per heavy atom. The summed E-state index contributed by atoms with van der Waals surface area (Å²) in [5, 5.41) is 12.5. The third-order valence-corrected chi connectivity index (χ3v) is 2.48. The van der Waals surface area contributed by atoms with Gasteiger partial charge in [0.1, 0.15) is 0 Å². The maximum absolute atomic E-state index is 9.52. The van der Waals surface area contributed by atoms with Crippen molar-refractivity contribution in [3.8, 4) is 0 Å². The Hall–Kier alpha value is -0.660. The summed E-state index contributed by atoms with van der Waals surface area (Å²) in [7, 11) is 0. The van der Waals surface area contributed by atoms with Gasteiger partial charge in [-0.05, 0) is 38.7 Å². The lowest BCUT2D eigenvalue weighted by Gasteiger charge is -2.19. The molecule has 1 fully saturated rings. The van der Waals surface area contributed by atoms with Crippen LogP contribution in [0.2, 0.25) is 0 Å². The predicted molar refractivity (Wildman–Crippen MR) is 55.6 cm³/mol. The van der Waals surface area contributed by atoms with Gasteiger partial charge in [-0.2, -0.15) is 0 Å². The second-order valence-electron chi connectivity index (χ2n) is 4.25. The highest BCUT2D eigenvalue weighted by Crippen LogP contribution is 2.24. The number of allylic oxidation sites excluding steroid dienone is 1. The molecule has 2 heteroatoms. The molecule has 0 saturated heterocycles. The molecule has 0 bridgehead atoms. The van der Waals surface area contributed by atoms with E-state index >= 15 is 0 Å². The molecule has 0 unspecified atom stereocenters. The number of rotatable bonds is 3. The number of hydrogen-bond acceptors (Lipinski definition) is 2. The first-order valence-corrected chi connectivity index (χ1v) is 5.36. The van der Waals surface area contributed by atoms with Gasteiger partial charge in [-0.15, -0.1) is 0 Å². The van der Waals surface area contributed by atoms with E-state index in [4.69, 9.17) is 0 Å². The summed E-state index contributed by atoms with van der Waals surface area (Å²) in [6, 6.07) is 0.319. The summed E-state index contributed by atoms with van der Waals surface area (Å²) < 4.78 is 0. The molecule has 0 radical (unpaired) electrons. The van der Waals surface area contributed by atoms with Crippen LogP contribution in [0.15, 0.2) is 12.0 Å². The highest BCUT2D eigenvalue weighted by molar-refractivity contribution is 4.95. The van der Waals surface area contributed by atoms with Gasteiger partial charge >= 0.3 is 0 Å². The minimum absolute atomic E-state index is 0.319. The molecular weight excluding hydrogens is 162 g/mol. The lowest BCUT2D eigenvalue weighted by atomic mass is 9.89. The second kappa shape index (κ2) is 5.15. The molecule has 2 N–H and O–H groups in total. The molecule has 0 amide bonds. The lowest BCUT2D eigenvalue weighted by Crippen LogP contribution is -2.22. The van der Waals surface area contributed by atoms with Crippen LogP contribution in [-0.4, -0.2) is 11.1 Å². The molecule has 0 atom stereocenters. The Labute approximate surface area is 81.0 Å². The summed E-state index contributed by atoms with van der Waals surface area (Å²) in [6.07, 6.45) is 8.46. The van der Waals surface area contributed by atoms with Gasteiger partial charge in [-0.3, -0.25) is 0 Å². The Morgan fingerprint density at radius 2 is 1.92 bits per heavy atom. The molecule has 13 heavy (non-hydrogen) atoms. The van der Waals surface area contributed by atoms with Crippen molar-refractivity contribution in [1.82, 2.24) is 5.32 Å². The van der Waals surface area contributed by atoms with Crippen LogP contribution in [0.3, 0.4) is 0 Å². The number of nitrogens with one attached hydrogen (secondary N) is 1. The third-order valence-electron chi connectivity index (χ3n) is 2.48. The van der Waals surface area contributed by atoms with E-state index < -0.39 is 0 Å². The molecule has 0 aliphatic heterocycles. The Kier molecular flexibility index (Phi) is 4.13. The van der Waals surface area contributed by atoms with Crippen molar-refractivity contribution >= 4 is 0 Å². The van der Waals surface area contributed by atoms with Crippen LogP contribution in [0, 0.1) is 5.92 Å². The molecule has 0 spiro atoms. The van der Waals surface area contributed by atoms with Crippen molar-refractivity contribution in [3.05, 3.63) is 12.0 Å². The van der Waals surface area contributed by atoms with Crippen LogP contribution < -0.4 is 5.32 Å². The SMILES string of the molecule is CC(C)NC(O)=CC1CCCCC1. The molecule has 0 aromatic rings. The lowest BCUT2D eigenvalue weighted by molar-refractivity contribution is 0.331. The molecule has 1 aliphatic rings. The zero-order valence-electron chi connectivity index (χ0n) is 8.71. The quantitative estimate of drug-likeness (QED) is 0.659. The highest BCUT2D eigenvalue weighted by atomic mass is 16.3. The molecule has 1 saturated carbocycles. The zero-order valence-corrected chi connectivity index (χ0v) is 8.71. The summed E-state index contributed by atoms with van der Waals surface area (Å²) >= 11 is 0. The molecule has 1 rings (SSSR count). The van der Waals surface area contributed by atoms with E-state index in [1.165, 1.54) is 32.1 Å². The van der Waals surface area contributed by atoms with Crippen molar-refractivity contribution < 1.29 is 5.11 Å². The van der Waals surface area contributed by atoms with E-state index in [0.29, 0.717) is 17.8 Å². The fraction of sp³-hybridized carbons (Fsp3) is 0.818. The second-order valence-corrected chi connectivity index (χ2v) is 4.25. The van der Waals surface area contributed by atoms with Crippen molar-refractivity contribution in [2.75, 3.05) is 0 Å². The minimum Gasteiger partial charge on any atom is -0.495 e. The average Bonchev–Trinajstić information content (AvgIpc) is 2.04. The normalized spacial score (nSPS) is 20.7. The van der Waals surface area contributed by atoms with Crippen molar-refractivity contribution in [2.24, 2.45) is 5.92 Å². The summed E-state index contributed by atoms with van der Waals surface area (Å²) in [5.74, 6) is 0.960. The van der Waals surface area contributed by atoms with Crippen LogP contribution in [-0.2, 0) is 0 Å². The fourth-order valence-corrected chi connectivity index (χ4v) is 1.87. The topological polar surface area (TPSA) is 32.3 Å². The maximum atomic E-state index is 9.52. The first-order valence-electron chi connectivity index (χ1n) is 5.36. The van der Waals surface area contributed by atoms with Gasteiger partial charge in [0.25, 0.3) is 0 Å². The Balaban J connectivity index is 2.34. The van der Waals surface area contributed by atoms with E-state index in [0.717, 1.165) is 0 Å². The standard InChI is InChI=1S/C11H21NO/c1-9(2)12-11(13)8-10-6-4-3-5-7-10/h8-10,12-13H,3-7H2,1-2H3. The van der Waals surface area contributed by atoms with Crippen LogP contribution >= 0.6 is 0 Å².